The molecule has 1 heterocycles. The SMILES string of the molecule is CC.CC.Cc1ccc(C)cc1.FCCCN1CCCC1. The van der Waals surface area contributed by atoms with Crippen molar-refractivity contribution in [1.29, 1.82) is 0 Å². The van der Waals surface area contributed by atoms with E-state index in [4.69, 9.17) is 0 Å². The van der Waals surface area contributed by atoms with Crippen molar-refractivity contribution < 1.29 is 4.39 Å². The molecule has 2 heteroatoms. The molecule has 0 N–H and O–H groups in total. The molecular weight excluding hydrogens is 261 g/mol. The molecule has 1 fully saturated rings. The summed E-state index contributed by atoms with van der Waals surface area (Å²) >= 11 is 0. The van der Waals surface area contributed by atoms with Gasteiger partial charge in [-0.25, -0.2) is 0 Å². The Kier molecular flexibility index (Phi) is 18.3. The van der Waals surface area contributed by atoms with Crippen LogP contribution in [0.2, 0.25) is 0 Å². The number of hydrogen-bond acceptors (Lipinski definition) is 1. The van der Waals surface area contributed by atoms with E-state index in [0.717, 1.165) is 13.0 Å². The molecule has 1 aliphatic rings. The van der Waals surface area contributed by atoms with Gasteiger partial charge in [-0.2, -0.15) is 0 Å². The van der Waals surface area contributed by atoms with Gasteiger partial charge in [0.15, 0.2) is 0 Å². The Labute approximate surface area is 132 Å². The zero-order valence-corrected chi connectivity index (χ0v) is 15.1. The second-order valence-electron chi connectivity index (χ2n) is 4.75. The number of hydrogen-bond donors (Lipinski definition) is 0. The molecule has 1 aromatic rings. The minimum Gasteiger partial charge on any atom is -0.303 e. The molecule has 0 unspecified atom stereocenters. The Balaban J connectivity index is 0. The van der Waals surface area contributed by atoms with Gasteiger partial charge in [-0.15, -0.1) is 0 Å². The molecule has 1 saturated heterocycles. The molecule has 0 bridgehead atoms. The number of likely N-dealkylation sites (tertiary alicyclic amines) is 1. The van der Waals surface area contributed by atoms with Gasteiger partial charge in [0, 0.05) is 6.54 Å². The number of aryl methyl sites for hydroxylation is 2. The summed E-state index contributed by atoms with van der Waals surface area (Å²) in [5.74, 6) is 0. The Morgan fingerprint density at radius 3 is 1.57 bits per heavy atom. The zero-order chi connectivity index (χ0) is 16.5. The first kappa shape index (κ1) is 22.4. The predicted octanol–water partition coefficient (Wildman–Crippen LogP) is 5.80. The molecule has 21 heavy (non-hydrogen) atoms. The minimum atomic E-state index is -0.156. The van der Waals surface area contributed by atoms with Gasteiger partial charge in [0.05, 0.1) is 6.67 Å². The van der Waals surface area contributed by atoms with E-state index in [2.05, 4.69) is 43.0 Å². The van der Waals surface area contributed by atoms with E-state index in [9.17, 15) is 4.39 Å². The van der Waals surface area contributed by atoms with Gasteiger partial charge in [-0.3, -0.25) is 4.39 Å². The molecule has 1 aliphatic heterocycles. The van der Waals surface area contributed by atoms with E-state index in [1.54, 1.807) is 0 Å². The fourth-order valence-corrected chi connectivity index (χ4v) is 1.93. The lowest BCUT2D eigenvalue weighted by Gasteiger charge is -2.11. The van der Waals surface area contributed by atoms with Crippen LogP contribution in [-0.4, -0.2) is 31.2 Å². The largest absolute Gasteiger partial charge is 0.303 e. The molecule has 0 radical (unpaired) electrons. The monoisotopic (exact) mass is 297 g/mol. The highest BCUT2D eigenvalue weighted by atomic mass is 19.1. The second kappa shape index (κ2) is 17.2. The summed E-state index contributed by atoms with van der Waals surface area (Å²) < 4.78 is 11.6. The minimum absolute atomic E-state index is 0.156. The summed E-state index contributed by atoms with van der Waals surface area (Å²) in [6.45, 7) is 15.4. The number of halogens is 1. The Morgan fingerprint density at radius 2 is 1.24 bits per heavy atom. The van der Waals surface area contributed by atoms with Crippen LogP contribution in [0.3, 0.4) is 0 Å². The van der Waals surface area contributed by atoms with Crippen LogP contribution in [0.4, 0.5) is 4.39 Å². The molecule has 124 valence electrons. The van der Waals surface area contributed by atoms with Crippen LogP contribution in [0, 0.1) is 13.8 Å². The highest BCUT2D eigenvalue weighted by Crippen LogP contribution is 2.06. The van der Waals surface area contributed by atoms with Gasteiger partial charge in [0.25, 0.3) is 0 Å². The maximum Gasteiger partial charge on any atom is 0.0906 e. The topological polar surface area (TPSA) is 3.24 Å². The quantitative estimate of drug-likeness (QED) is 0.681. The normalized spacial score (nSPS) is 13.1. The first-order valence-electron chi connectivity index (χ1n) is 8.54. The van der Waals surface area contributed by atoms with Crippen molar-refractivity contribution in [3.8, 4) is 0 Å². The third-order valence-corrected chi connectivity index (χ3v) is 3.02. The lowest BCUT2D eigenvalue weighted by atomic mass is 10.2. The first-order chi connectivity index (χ1) is 10.2. The molecule has 0 amide bonds. The zero-order valence-electron chi connectivity index (χ0n) is 15.1. The summed E-state index contributed by atoms with van der Waals surface area (Å²) in [6, 6.07) is 8.48. The van der Waals surface area contributed by atoms with Crippen molar-refractivity contribution in [3.63, 3.8) is 0 Å². The molecule has 0 atom stereocenters. The standard InChI is InChI=1S/C8H10.C7H14FN.2C2H6/c1-7-3-5-8(2)6-4-7;8-4-3-7-9-5-1-2-6-9;2*1-2/h3-6H,1-2H3;1-7H2;2*1-2H3. The van der Waals surface area contributed by atoms with Crippen molar-refractivity contribution in [2.24, 2.45) is 0 Å². The Morgan fingerprint density at radius 1 is 0.857 bits per heavy atom. The lowest BCUT2D eigenvalue weighted by Crippen LogP contribution is -2.20. The molecule has 0 spiro atoms. The molecule has 0 aromatic heterocycles. The predicted molar refractivity (Wildman–Crippen MR) is 94.9 cm³/mol. The van der Waals surface area contributed by atoms with E-state index in [0.29, 0.717) is 0 Å². The van der Waals surface area contributed by atoms with Crippen LogP contribution in [0.15, 0.2) is 24.3 Å². The van der Waals surface area contributed by atoms with Crippen LogP contribution in [0.1, 0.15) is 58.1 Å². The third-order valence-electron chi connectivity index (χ3n) is 3.02. The summed E-state index contributed by atoms with van der Waals surface area (Å²) in [4.78, 5) is 2.33. The van der Waals surface area contributed by atoms with E-state index in [1.807, 2.05) is 27.7 Å². The molecule has 1 aromatic carbocycles. The number of benzene rings is 1. The van der Waals surface area contributed by atoms with E-state index >= 15 is 0 Å². The van der Waals surface area contributed by atoms with Gasteiger partial charge >= 0.3 is 0 Å². The second-order valence-corrected chi connectivity index (χ2v) is 4.75. The smallest absolute Gasteiger partial charge is 0.0906 e. The summed E-state index contributed by atoms with van der Waals surface area (Å²) in [5.41, 5.74) is 2.66. The maximum atomic E-state index is 11.6. The van der Waals surface area contributed by atoms with E-state index in [-0.39, 0.29) is 6.67 Å². The van der Waals surface area contributed by atoms with E-state index < -0.39 is 0 Å². The number of nitrogens with zero attached hydrogens (tertiary/aromatic N) is 1. The average molecular weight is 298 g/mol. The van der Waals surface area contributed by atoms with Gasteiger partial charge < -0.3 is 4.90 Å². The van der Waals surface area contributed by atoms with Crippen LogP contribution in [0.5, 0.6) is 0 Å². The van der Waals surface area contributed by atoms with E-state index in [1.165, 1.54) is 37.1 Å². The molecule has 0 aliphatic carbocycles. The summed E-state index contributed by atoms with van der Waals surface area (Å²) in [6.07, 6.45) is 3.35. The van der Waals surface area contributed by atoms with Crippen LogP contribution >= 0.6 is 0 Å². The lowest BCUT2D eigenvalue weighted by molar-refractivity contribution is 0.312. The Bertz CT molecular complexity index is 268. The third kappa shape index (κ3) is 13.8. The summed E-state index contributed by atoms with van der Waals surface area (Å²) in [5, 5.41) is 0. The highest BCUT2D eigenvalue weighted by Gasteiger charge is 2.09. The molecule has 1 nitrogen and oxygen atoms in total. The van der Waals surface area contributed by atoms with Crippen molar-refractivity contribution in [2.75, 3.05) is 26.3 Å². The Hall–Kier alpha value is -0.890. The van der Waals surface area contributed by atoms with Crippen LogP contribution in [0.25, 0.3) is 0 Å². The van der Waals surface area contributed by atoms with Gasteiger partial charge in [0.1, 0.15) is 0 Å². The van der Waals surface area contributed by atoms with Crippen molar-refractivity contribution in [1.82, 2.24) is 4.90 Å². The molecule has 0 saturated carbocycles. The fraction of sp³-hybridized carbons (Fsp3) is 0.684. The number of rotatable bonds is 3. The van der Waals surface area contributed by atoms with Crippen LogP contribution < -0.4 is 0 Å². The molecular formula is C19H36FN. The van der Waals surface area contributed by atoms with Gasteiger partial charge in [-0.05, 0) is 46.2 Å². The van der Waals surface area contributed by atoms with Crippen molar-refractivity contribution in [3.05, 3.63) is 35.4 Å². The number of alkyl halides is 1. The first-order valence-corrected chi connectivity index (χ1v) is 8.54. The van der Waals surface area contributed by atoms with Gasteiger partial charge in [-0.1, -0.05) is 63.1 Å². The average Bonchev–Trinajstić information content (AvgIpc) is 3.06. The van der Waals surface area contributed by atoms with Crippen molar-refractivity contribution >= 4 is 0 Å². The fourth-order valence-electron chi connectivity index (χ4n) is 1.93. The van der Waals surface area contributed by atoms with Gasteiger partial charge in [0.2, 0.25) is 0 Å². The highest BCUT2D eigenvalue weighted by molar-refractivity contribution is 5.19. The summed E-state index contributed by atoms with van der Waals surface area (Å²) in [7, 11) is 0. The van der Waals surface area contributed by atoms with Crippen LogP contribution in [-0.2, 0) is 0 Å². The molecule has 2 rings (SSSR count). The van der Waals surface area contributed by atoms with Crippen molar-refractivity contribution in [2.45, 2.75) is 60.8 Å². The maximum absolute atomic E-state index is 11.6.